The number of hydrogen-bond acceptors (Lipinski definition) is 4. The molecule has 1 fully saturated rings. The van der Waals surface area contributed by atoms with Gasteiger partial charge in [-0.2, -0.15) is 17.9 Å². The number of para-hydroxylation sites is 1. The van der Waals surface area contributed by atoms with Crippen LogP contribution in [0.2, 0.25) is 0 Å². The van der Waals surface area contributed by atoms with Gasteiger partial charge in [0.1, 0.15) is 5.82 Å². The molecule has 1 saturated heterocycles. The highest BCUT2D eigenvalue weighted by atomic mass is 32.2. The number of nitrogens with zero attached hydrogens (tertiary/aromatic N) is 1. The molecule has 2 N–H and O–H groups in total. The molecule has 2 aromatic rings. The molecular weight excluding hydrogens is 406 g/mol. The van der Waals surface area contributed by atoms with Crippen LogP contribution in [0.3, 0.4) is 0 Å². The Kier molecular flexibility index (Phi) is 4.63. The fourth-order valence-electron chi connectivity index (χ4n) is 2.56. The molecule has 1 heterocycles. The van der Waals surface area contributed by atoms with E-state index in [1.165, 1.54) is 40.4 Å². The summed E-state index contributed by atoms with van der Waals surface area (Å²) < 4.78 is 81.3. The Morgan fingerprint density at radius 2 is 1.54 bits per heavy atom. The molecule has 3 rings (SSSR count). The summed E-state index contributed by atoms with van der Waals surface area (Å²) in [6, 6.07) is 8.45. The molecule has 12 heteroatoms. The molecule has 0 bridgehead atoms. The topological polar surface area (TPSA) is 95.6 Å². The van der Waals surface area contributed by atoms with Gasteiger partial charge < -0.3 is 5.32 Å². The number of carbonyl (C=O) groups is 2. The first kappa shape index (κ1) is 19.8. The van der Waals surface area contributed by atoms with E-state index in [4.69, 9.17) is 0 Å². The summed E-state index contributed by atoms with van der Waals surface area (Å²) in [5, 5.41) is 1.31. The Bertz CT molecular complexity index is 1040. The van der Waals surface area contributed by atoms with E-state index in [-0.39, 0.29) is 4.90 Å². The van der Waals surface area contributed by atoms with Crippen LogP contribution in [0.1, 0.15) is 0 Å². The van der Waals surface area contributed by atoms with E-state index < -0.39 is 50.2 Å². The van der Waals surface area contributed by atoms with Crippen LogP contribution in [0.25, 0.3) is 0 Å². The van der Waals surface area contributed by atoms with Crippen LogP contribution in [-0.2, 0) is 14.8 Å². The maximum Gasteiger partial charge on any atom is 0.435 e. The van der Waals surface area contributed by atoms with Gasteiger partial charge in [0, 0.05) is 0 Å². The van der Waals surface area contributed by atoms with Crippen molar-refractivity contribution in [2.45, 2.75) is 16.7 Å². The molecule has 0 saturated carbocycles. The molecule has 0 aliphatic carbocycles. The van der Waals surface area contributed by atoms with Crippen molar-refractivity contribution in [3.63, 3.8) is 0 Å². The van der Waals surface area contributed by atoms with Gasteiger partial charge in [0.05, 0.1) is 10.6 Å². The lowest BCUT2D eigenvalue weighted by Gasteiger charge is -2.29. The van der Waals surface area contributed by atoms with Crippen molar-refractivity contribution in [1.82, 2.24) is 10.0 Å². The summed E-state index contributed by atoms with van der Waals surface area (Å²) in [6.07, 6.45) is -5.57. The number of alkyl halides is 3. The van der Waals surface area contributed by atoms with Gasteiger partial charge in [-0.3, -0.25) is 4.79 Å². The molecule has 0 spiro atoms. The Hall–Kier alpha value is -2.99. The lowest BCUT2D eigenvalue weighted by molar-refractivity contribution is -0.194. The number of nitrogens with one attached hydrogen (secondary N) is 2. The van der Waals surface area contributed by atoms with E-state index in [1.807, 2.05) is 0 Å². The Morgan fingerprint density at radius 3 is 2.11 bits per heavy atom. The van der Waals surface area contributed by atoms with Crippen molar-refractivity contribution in [2.75, 3.05) is 4.90 Å². The molecule has 0 radical (unpaired) electrons. The Labute approximate surface area is 156 Å². The van der Waals surface area contributed by atoms with E-state index in [1.54, 1.807) is 0 Å². The summed E-state index contributed by atoms with van der Waals surface area (Å²) >= 11 is 0. The van der Waals surface area contributed by atoms with Crippen molar-refractivity contribution < 1.29 is 35.6 Å². The maximum atomic E-state index is 13.9. The van der Waals surface area contributed by atoms with Crippen molar-refractivity contribution in [1.29, 1.82) is 0 Å². The van der Waals surface area contributed by atoms with Crippen molar-refractivity contribution in [3.8, 4) is 0 Å². The van der Waals surface area contributed by atoms with Gasteiger partial charge in [-0.25, -0.2) is 22.5 Å². The minimum absolute atomic E-state index is 0.101. The third kappa shape index (κ3) is 3.10. The fourth-order valence-corrected chi connectivity index (χ4v) is 3.85. The maximum absolute atomic E-state index is 13.9. The van der Waals surface area contributed by atoms with E-state index in [9.17, 15) is 35.6 Å². The summed E-state index contributed by atoms with van der Waals surface area (Å²) in [5.41, 5.74) is -4.75. The highest BCUT2D eigenvalue weighted by molar-refractivity contribution is 7.89. The molecule has 148 valence electrons. The highest BCUT2D eigenvalue weighted by Gasteiger charge is 2.70. The zero-order chi connectivity index (χ0) is 20.7. The van der Waals surface area contributed by atoms with Gasteiger partial charge in [0.15, 0.2) is 0 Å². The second-order valence-electron chi connectivity index (χ2n) is 5.69. The third-order valence-electron chi connectivity index (χ3n) is 3.88. The standard InChI is InChI=1S/C16H11F4N3O4S/c17-11-8-4-5-9-12(11)23-13(24)15(16(18,19)20,21-14(23)25)22-28(26,27)10-6-2-1-3-7-10/h1-9,22H,(H,21,25). The summed E-state index contributed by atoms with van der Waals surface area (Å²) in [5.74, 6) is -3.18. The van der Waals surface area contributed by atoms with E-state index in [0.717, 1.165) is 24.3 Å². The Morgan fingerprint density at radius 1 is 0.964 bits per heavy atom. The Balaban J connectivity index is 2.10. The van der Waals surface area contributed by atoms with Crippen molar-refractivity contribution in [3.05, 3.63) is 60.4 Å². The van der Waals surface area contributed by atoms with Crippen LogP contribution in [0.15, 0.2) is 59.5 Å². The molecular formula is C16H11F4N3O4S. The van der Waals surface area contributed by atoms with Gasteiger partial charge in [0.2, 0.25) is 10.0 Å². The van der Waals surface area contributed by atoms with E-state index in [2.05, 4.69) is 0 Å². The average Bonchev–Trinajstić information content (AvgIpc) is 2.87. The van der Waals surface area contributed by atoms with Crippen LogP contribution in [0.4, 0.5) is 28.0 Å². The molecule has 1 unspecified atom stereocenters. The third-order valence-corrected chi connectivity index (χ3v) is 5.35. The molecule has 1 aliphatic rings. The van der Waals surface area contributed by atoms with Gasteiger partial charge in [-0.05, 0) is 24.3 Å². The zero-order valence-corrected chi connectivity index (χ0v) is 14.5. The normalized spacial score (nSPS) is 20.4. The number of carbonyl (C=O) groups excluding carboxylic acids is 2. The number of anilines is 1. The molecule has 7 nitrogen and oxygen atoms in total. The quantitative estimate of drug-likeness (QED) is 0.589. The second kappa shape index (κ2) is 6.56. The van der Waals surface area contributed by atoms with Gasteiger partial charge >= 0.3 is 12.2 Å². The average molecular weight is 417 g/mol. The molecule has 3 amide bonds. The van der Waals surface area contributed by atoms with Crippen molar-refractivity contribution in [2.24, 2.45) is 0 Å². The lowest BCUT2D eigenvalue weighted by Crippen LogP contribution is -2.69. The van der Waals surface area contributed by atoms with Crippen molar-refractivity contribution >= 4 is 27.6 Å². The summed E-state index contributed by atoms with van der Waals surface area (Å²) in [4.78, 5) is 24.0. The van der Waals surface area contributed by atoms with Crippen LogP contribution < -0.4 is 14.9 Å². The largest absolute Gasteiger partial charge is 0.435 e. The summed E-state index contributed by atoms with van der Waals surface area (Å²) in [7, 11) is -4.88. The second-order valence-corrected chi connectivity index (χ2v) is 7.37. The monoisotopic (exact) mass is 417 g/mol. The number of rotatable bonds is 4. The molecule has 1 atom stereocenters. The van der Waals surface area contributed by atoms with Gasteiger partial charge in [0.25, 0.3) is 11.6 Å². The number of halogens is 4. The molecule has 0 aromatic heterocycles. The van der Waals surface area contributed by atoms with E-state index >= 15 is 0 Å². The van der Waals surface area contributed by atoms with Crippen LogP contribution in [-0.4, -0.2) is 32.2 Å². The fraction of sp³-hybridized carbons (Fsp3) is 0.125. The first-order valence-electron chi connectivity index (χ1n) is 7.56. The number of benzene rings is 2. The minimum atomic E-state index is -5.57. The predicted octanol–water partition coefficient (Wildman–Crippen LogP) is 2.12. The number of sulfonamides is 1. The first-order chi connectivity index (χ1) is 13.0. The number of urea groups is 1. The van der Waals surface area contributed by atoms with Crippen LogP contribution in [0.5, 0.6) is 0 Å². The first-order valence-corrected chi connectivity index (χ1v) is 9.05. The van der Waals surface area contributed by atoms with E-state index in [0.29, 0.717) is 0 Å². The lowest BCUT2D eigenvalue weighted by atomic mass is 10.1. The predicted molar refractivity (Wildman–Crippen MR) is 88.0 cm³/mol. The number of hydrogen-bond donors (Lipinski definition) is 2. The SMILES string of the molecule is O=C1NC(NS(=O)(=O)c2ccccc2)(C(F)(F)F)C(=O)N1c1ccccc1F. The highest BCUT2D eigenvalue weighted by Crippen LogP contribution is 2.37. The number of imide groups is 1. The van der Waals surface area contributed by atoms with Crippen LogP contribution >= 0.6 is 0 Å². The van der Waals surface area contributed by atoms with Gasteiger partial charge in [-0.1, -0.05) is 30.3 Å². The van der Waals surface area contributed by atoms with Gasteiger partial charge in [-0.15, -0.1) is 0 Å². The summed E-state index contributed by atoms with van der Waals surface area (Å²) in [6.45, 7) is 0. The zero-order valence-electron chi connectivity index (χ0n) is 13.7. The van der Waals surface area contributed by atoms with Crippen LogP contribution in [0, 0.1) is 5.82 Å². The number of amides is 3. The molecule has 28 heavy (non-hydrogen) atoms. The molecule has 1 aliphatic heterocycles. The minimum Gasteiger partial charge on any atom is -0.302 e. The molecule has 2 aromatic carbocycles. The smallest absolute Gasteiger partial charge is 0.302 e.